The predicted molar refractivity (Wildman–Crippen MR) is 65.8 cm³/mol. The summed E-state index contributed by atoms with van der Waals surface area (Å²) in [6.45, 7) is 9.26. The second-order valence-corrected chi connectivity index (χ2v) is 5.48. The normalized spacial score (nSPS) is 20.0. The second-order valence-electron chi connectivity index (χ2n) is 5.48. The molecule has 4 heteroatoms. The molecule has 1 aromatic rings. The summed E-state index contributed by atoms with van der Waals surface area (Å²) in [4.78, 5) is 13.8. The van der Waals surface area contributed by atoms with Crippen LogP contribution >= 0.6 is 0 Å². The van der Waals surface area contributed by atoms with E-state index in [9.17, 15) is 4.79 Å². The maximum atomic E-state index is 12.1. The van der Waals surface area contributed by atoms with Crippen molar-refractivity contribution in [2.24, 2.45) is 0 Å². The number of carbonyl (C=O) groups excluding carboxylic acids is 1. The Morgan fingerprint density at radius 2 is 2.12 bits per heavy atom. The summed E-state index contributed by atoms with van der Waals surface area (Å²) in [6, 6.07) is 4.15. The number of aromatic nitrogens is 1. The lowest BCUT2D eigenvalue weighted by molar-refractivity contribution is 0.0127. The average Bonchev–Trinajstić information content (AvgIpc) is 2.63. The van der Waals surface area contributed by atoms with Crippen molar-refractivity contribution in [3.63, 3.8) is 0 Å². The Morgan fingerprint density at radius 3 is 2.76 bits per heavy atom. The van der Waals surface area contributed by atoms with Gasteiger partial charge in [-0.05, 0) is 39.8 Å². The average molecular weight is 236 g/mol. The lowest BCUT2D eigenvalue weighted by Gasteiger charge is -2.35. The molecule has 0 bridgehead atoms. The lowest BCUT2D eigenvalue weighted by Crippen LogP contribution is -2.43. The molecule has 1 aromatic heterocycles. The molecule has 94 valence electrons. The van der Waals surface area contributed by atoms with Crippen LogP contribution in [0.2, 0.25) is 0 Å². The number of rotatable bonds is 0. The third kappa shape index (κ3) is 2.46. The van der Waals surface area contributed by atoms with Crippen LogP contribution in [0.3, 0.4) is 0 Å². The molecule has 4 nitrogen and oxygen atoms in total. The first kappa shape index (κ1) is 12.0. The first-order valence-electron chi connectivity index (χ1n) is 6.03. The molecule has 0 radical (unpaired) electrons. The Morgan fingerprint density at radius 1 is 1.41 bits per heavy atom. The van der Waals surface area contributed by atoms with Gasteiger partial charge in [-0.2, -0.15) is 0 Å². The van der Waals surface area contributed by atoms with Crippen molar-refractivity contribution in [2.75, 3.05) is 6.54 Å². The summed E-state index contributed by atoms with van der Waals surface area (Å²) in [5.41, 5.74) is 0.734. The molecular formula is C13H20N2O2. The number of fused-ring (bicyclic) bond motifs is 1. The summed E-state index contributed by atoms with van der Waals surface area (Å²) in [7, 11) is 0. The fourth-order valence-electron chi connectivity index (χ4n) is 2.15. The molecule has 1 aliphatic heterocycles. The Bertz CT molecular complexity index is 417. The number of hydrogen-bond acceptors (Lipinski definition) is 2. The van der Waals surface area contributed by atoms with Gasteiger partial charge in [-0.1, -0.05) is 0 Å². The van der Waals surface area contributed by atoms with Crippen molar-refractivity contribution in [1.29, 1.82) is 0 Å². The van der Waals surface area contributed by atoms with Crippen LogP contribution in [0.15, 0.2) is 18.3 Å². The molecule has 0 saturated heterocycles. The Hall–Kier alpha value is -1.45. The maximum Gasteiger partial charge on any atom is 0.410 e. The Balaban J connectivity index is 2.12. The van der Waals surface area contributed by atoms with Crippen LogP contribution in [0.5, 0.6) is 0 Å². The van der Waals surface area contributed by atoms with E-state index in [1.165, 1.54) is 5.69 Å². The van der Waals surface area contributed by atoms with E-state index in [0.29, 0.717) is 6.54 Å². The van der Waals surface area contributed by atoms with Crippen LogP contribution in [0, 0.1) is 0 Å². The summed E-state index contributed by atoms with van der Waals surface area (Å²) in [5.74, 6) is 0. The Kier molecular flexibility index (Phi) is 2.89. The molecule has 0 saturated carbocycles. The van der Waals surface area contributed by atoms with Gasteiger partial charge in [0.2, 0.25) is 0 Å². The molecular weight excluding hydrogens is 216 g/mol. The first-order valence-corrected chi connectivity index (χ1v) is 6.03. The molecule has 1 aliphatic rings. The fraction of sp³-hybridized carbons (Fsp3) is 0.615. The van der Waals surface area contributed by atoms with E-state index in [2.05, 4.69) is 16.8 Å². The van der Waals surface area contributed by atoms with Crippen molar-refractivity contribution in [3.05, 3.63) is 24.0 Å². The van der Waals surface area contributed by atoms with E-state index in [-0.39, 0.29) is 12.1 Å². The standard InChI is InChI=1S/C13H20N2O2/c1-10-11-6-5-7-14(11)8-9-15(10)12(16)17-13(2,3)4/h5-7,10H,8-9H2,1-4H3. The zero-order valence-electron chi connectivity index (χ0n) is 10.9. The fourth-order valence-corrected chi connectivity index (χ4v) is 2.15. The largest absolute Gasteiger partial charge is 0.444 e. The van der Waals surface area contributed by atoms with Crippen molar-refractivity contribution in [3.8, 4) is 0 Å². The minimum Gasteiger partial charge on any atom is -0.444 e. The smallest absolute Gasteiger partial charge is 0.410 e. The zero-order valence-corrected chi connectivity index (χ0v) is 10.9. The van der Waals surface area contributed by atoms with E-state index in [1.807, 2.05) is 33.8 Å². The zero-order chi connectivity index (χ0) is 12.6. The number of carbonyl (C=O) groups is 1. The number of nitrogens with zero attached hydrogens (tertiary/aromatic N) is 2. The highest BCUT2D eigenvalue weighted by Gasteiger charge is 2.30. The Labute approximate surface area is 102 Å². The molecule has 1 atom stereocenters. The summed E-state index contributed by atoms with van der Waals surface area (Å²) in [5, 5.41) is 0. The van der Waals surface area contributed by atoms with Gasteiger partial charge in [0.15, 0.2) is 0 Å². The van der Waals surface area contributed by atoms with Crippen LogP contribution in [0.1, 0.15) is 39.4 Å². The maximum absolute atomic E-state index is 12.1. The van der Waals surface area contributed by atoms with Crippen LogP contribution in [0.25, 0.3) is 0 Å². The SMILES string of the molecule is CC1c2cccn2CCN1C(=O)OC(C)(C)C. The van der Waals surface area contributed by atoms with Gasteiger partial charge in [0.05, 0.1) is 6.04 Å². The molecule has 2 rings (SSSR count). The summed E-state index contributed by atoms with van der Waals surface area (Å²) in [6.07, 6.45) is 1.83. The second kappa shape index (κ2) is 4.09. The van der Waals surface area contributed by atoms with Crippen LogP contribution in [0.4, 0.5) is 4.79 Å². The molecule has 0 fully saturated rings. The van der Waals surface area contributed by atoms with Crippen LogP contribution < -0.4 is 0 Å². The first-order chi connectivity index (χ1) is 7.88. The van der Waals surface area contributed by atoms with E-state index in [1.54, 1.807) is 4.90 Å². The van der Waals surface area contributed by atoms with Crippen molar-refractivity contribution in [1.82, 2.24) is 9.47 Å². The lowest BCUT2D eigenvalue weighted by atomic mass is 10.1. The summed E-state index contributed by atoms with van der Waals surface area (Å²) >= 11 is 0. The van der Waals surface area contributed by atoms with Crippen LogP contribution in [-0.2, 0) is 11.3 Å². The minimum atomic E-state index is -0.434. The predicted octanol–water partition coefficient (Wildman–Crippen LogP) is 2.80. The van der Waals surface area contributed by atoms with Crippen molar-refractivity contribution >= 4 is 6.09 Å². The molecule has 1 amide bonds. The number of hydrogen-bond donors (Lipinski definition) is 0. The topological polar surface area (TPSA) is 34.5 Å². The molecule has 0 aromatic carbocycles. The van der Waals surface area contributed by atoms with Gasteiger partial charge in [0, 0.05) is 25.0 Å². The van der Waals surface area contributed by atoms with Gasteiger partial charge in [-0.15, -0.1) is 0 Å². The molecule has 0 aliphatic carbocycles. The quantitative estimate of drug-likeness (QED) is 0.694. The molecule has 1 unspecified atom stereocenters. The van der Waals surface area contributed by atoms with Crippen LogP contribution in [-0.4, -0.2) is 27.7 Å². The number of amides is 1. The third-order valence-electron chi connectivity index (χ3n) is 2.97. The number of ether oxygens (including phenoxy) is 1. The van der Waals surface area contributed by atoms with Gasteiger partial charge in [-0.25, -0.2) is 4.79 Å². The van der Waals surface area contributed by atoms with Gasteiger partial charge in [0.25, 0.3) is 0 Å². The monoisotopic (exact) mass is 236 g/mol. The van der Waals surface area contributed by atoms with E-state index < -0.39 is 5.60 Å². The van der Waals surface area contributed by atoms with Gasteiger partial charge in [0.1, 0.15) is 5.60 Å². The van der Waals surface area contributed by atoms with Gasteiger partial charge < -0.3 is 9.30 Å². The van der Waals surface area contributed by atoms with E-state index >= 15 is 0 Å². The van der Waals surface area contributed by atoms with Crippen molar-refractivity contribution in [2.45, 2.75) is 45.9 Å². The molecule has 17 heavy (non-hydrogen) atoms. The third-order valence-corrected chi connectivity index (χ3v) is 2.97. The van der Waals surface area contributed by atoms with Crippen molar-refractivity contribution < 1.29 is 9.53 Å². The summed E-state index contributed by atoms with van der Waals surface area (Å²) < 4.78 is 7.60. The minimum absolute atomic E-state index is 0.0774. The molecule has 0 N–H and O–H groups in total. The highest BCUT2D eigenvalue weighted by Crippen LogP contribution is 2.26. The highest BCUT2D eigenvalue weighted by atomic mass is 16.6. The van der Waals surface area contributed by atoms with E-state index in [0.717, 1.165) is 6.54 Å². The molecule has 2 heterocycles. The van der Waals surface area contributed by atoms with Gasteiger partial charge >= 0.3 is 6.09 Å². The molecule has 0 spiro atoms. The highest BCUT2D eigenvalue weighted by molar-refractivity contribution is 5.69. The van der Waals surface area contributed by atoms with E-state index in [4.69, 9.17) is 4.74 Å². The van der Waals surface area contributed by atoms with Gasteiger partial charge in [-0.3, -0.25) is 4.90 Å².